The van der Waals surface area contributed by atoms with Crippen molar-refractivity contribution in [3.63, 3.8) is 0 Å². The fraction of sp³-hybridized carbons (Fsp3) is 0.429. The average Bonchev–Trinajstić information content (AvgIpc) is 2.93. The van der Waals surface area contributed by atoms with Gasteiger partial charge in [0.1, 0.15) is 11.5 Å². The highest BCUT2D eigenvalue weighted by molar-refractivity contribution is 6.53. The summed E-state index contributed by atoms with van der Waals surface area (Å²) in [5.74, 6) is 0.494. The molecule has 0 unspecified atom stereocenters. The molecule has 1 aliphatic heterocycles. The van der Waals surface area contributed by atoms with Gasteiger partial charge in [0.2, 0.25) is 11.6 Å². The smallest absolute Gasteiger partial charge is 0.237 e. The number of likely N-dealkylation sites (N-methyl/N-ethyl adjacent to an activating group) is 1. The standard InChI is InChI=1S/C21H24N2O3/c1-12-9-15-16(10-13(12)2)21-18(20(25)19(15)24)14(3)17(26-21)11-23-7-5-22(4)6-8-23/h9-10H,5-8,11H2,1-4H3. The summed E-state index contributed by atoms with van der Waals surface area (Å²) in [5, 5.41) is 0. The van der Waals surface area contributed by atoms with E-state index in [9.17, 15) is 9.59 Å². The molecular weight excluding hydrogens is 328 g/mol. The minimum atomic E-state index is -0.443. The molecule has 2 aliphatic rings. The van der Waals surface area contributed by atoms with Crippen molar-refractivity contribution in [1.29, 1.82) is 0 Å². The number of piperazine rings is 1. The van der Waals surface area contributed by atoms with Crippen molar-refractivity contribution in [2.45, 2.75) is 27.3 Å². The van der Waals surface area contributed by atoms with Crippen molar-refractivity contribution in [2.75, 3.05) is 33.2 Å². The zero-order valence-electron chi connectivity index (χ0n) is 15.8. The first-order valence-corrected chi connectivity index (χ1v) is 9.10. The Balaban J connectivity index is 1.77. The van der Waals surface area contributed by atoms with Gasteiger partial charge in [-0.05, 0) is 51.1 Å². The summed E-state index contributed by atoms with van der Waals surface area (Å²) in [7, 11) is 2.12. The molecule has 0 radical (unpaired) electrons. The van der Waals surface area contributed by atoms with Crippen molar-refractivity contribution in [3.05, 3.63) is 45.7 Å². The molecule has 0 atom stereocenters. The second-order valence-corrected chi connectivity index (χ2v) is 7.57. The van der Waals surface area contributed by atoms with Gasteiger partial charge in [-0.3, -0.25) is 14.5 Å². The van der Waals surface area contributed by atoms with E-state index in [1.54, 1.807) is 0 Å². The van der Waals surface area contributed by atoms with Crippen LogP contribution >= 0.6 is 0 Å². The lowest BCUT2D eigenvalue weighted by atomic mass is 9.85. The van der Waals surface area contributed by atoms with Crippen molar-refractivity contribution < 1.29 is 14.0 Å². The molecular formula is C21H24N2O3. The summed E-state index contributed by atoms with van der Waals surface area (Å²) >= 11 is 0. The van der Waals surface area contributed by atoms with Crippen LogP contribution in [0.1, 0.15) is 43.2 Å². The van der Waals surface area contributed by atoms with Crippen LogP contribution in [0.4, 0.5) is 0 Å². The van der Waals surface area contributed by atoms with Gasteiger partial charge in [-0.15, -0.1) is 0 Å². The van der Waals surface area contributed by atoms with Crippen LogP contribution in [0, 0.1) is 20.8 Å². The van der Waals surface area contributed by atoms with E-state index in [0.29, 0.717) is 23.4 Å². The van der Waals surface area contributed by atoms with Crippen LogP contribution in [0.5, 0.6) is 0 Å². The summed E-state index contributed by atoms with van der Waals surface area (Å²) in [6.07, 6.45) is 0. The Hall–Kier alpha value is -2.24. The van der Waals surface area contributed by atoms with E-state index in [1.807, 2.05) is 32.9 Å². The van der Waals surface area contributed by atoms with Gasteiger partial charge >= 0.3 is 0 Å². The third-order valence-electron chi connectivity index (χ3n) is 5.77. The number of fused-ring (bicyclic) bond motifs is 3. The lowest BCUT2D eigenvalue weighted by Gasteiger charge is -2.31. The maximum Gasteiger partial charge on any atom is 0.237 e. The maximum absolute atomic E-state index is 12.7. The molecule has 136 valence electrons. The number of hydrogen-bond donors (Lipinski definition) is 0. The first kappa shape index (κ1) is 17.2. The van der Waals surface area contributed by atoms with E-state index >= 15 is 0 Å². The van der Waals surface area contributed by atoms with Gasteiger partial charge in [-0.1, -0.05) is 0 Å². The van der Waals surface area contributed by atoms with Crippen molar-refractivity contribution in [1.82, 2.24) is 9.80 Å². The van der Waals surface area contributed by atoms with Crippen molar-refractivity contribution in [3.8, 4) is 11.3 Å². The number of carbonyl (C=O) groups excluding carboxylic acids is 2. The molecule has 0 bridgehead atoms. The van der Waals surface area contributed by atoms with Crippen molar-refractivity contribution in [2.24, 2.45) is 0 Å². The molecule has 1 saturated heterocycles. The van der Waals surface area contributed by atoms with E-state index in [1.165, 1.54) is 0 Å². The van der Waals surface area contributed by atoms with Crippen LogP contribution in [0.25, 0.3) is 11.3 Å². The minimum Gasteiger partial charge on any atom is -0.459 e. The molecule has 0 spiro atoms. The first-order valence-electron chi connectivity index (χ1n) is 9.10. The Morgan fingerprint density at radius 2 is 1.54 bits per heavy atom. The Morgan fingerprint density at radius 1 is 0.923 bits per heavy atom. The quantitative estimate of drug-likeness (QED) is 0.778. The SMILES string of the molecule is Cc1cc2c(cc1C)-c1oc(CN3CCN(C)CC3)c(C)c1C(=O)C2=O. The molecule has 0 N–H and O–H groups in total. The zero-order chi connectivity index (χ0) is 18.6. The van der Waals surface area contributed by atoms with E-state index in [0.717, 1.165) is 54.2 Å². The average molecular weight is 352 g/mol. The number of carbonyl (C=O) groups is 2. The summed E-state index contributed by atoms with van der Waals surface area (Å²) in [4.78, 5) is 30.0. The predicted octanol–water partition coefficient (Wildman–Crippen LogP) is 3.00. The summed E-state index contributed by atoms with van der Waals surface area (Å²) in [5.41, 5.74) is 4.57. The Bertz CT molecular complexity index is 918. The van der Waals surface area contributed by atoms with Gasteiger partial charge in [0, 0.05) is 42.9 Å². The zero-order valence-corrected chi connectivity index (χ0v) is 15.8. The van der Waals surface area contributed by atoms with E-state index < -0.39 is 11.6 Å². The van der Waals surface area contributed by atoms with E-state index in [-0.39, 0.29) is 0 Å². The normalized spacial score (nSPS) is 18.2. The summed E-state index contributed by atoms with van der Waals surface area (Å²) in [6.45, 7) is 10.5. The number of aryl methyl sites for hydroxylation is 2. The molecule has 1 aromatic carbocycles. The number of nitrogens with zero attached hydrogens (tertiary/aromatic N) is 2. The van der Waals surface area contributed by atoms with Crippen LogP contribution < -0.4 is 0 Å². The molecule has 1 aliphatic carbocycles. The highest BCUT2D eigenvalue weighted by Gasteiger charge is 2.36. The molecule has 1 fully saturated rings. The number of furan rings is 1. The number of rotatable bonds is 2. The molecule has 1 aromatic heterocycles. The second-order valence-electron chi connectivity index (χ2n) is 7.57. The molecule has 2 heterocycles. The fourth-order valence-electron chi connectivity index (χ4n) is 3.81. The molecule has 0 amide bonds. The largest absolute Gasteiger partial charge is 0.459 e. The van der Waals surface area contributed by atoms with Gasteiger partial charge in [-0.2, -0.15) is 0 Å². The molecule has 5 nitrogen and oxygen atoms in total. The topological polar surface area (TPSA) is 53.8 Å². The van der Waals surface area contributed by atoms with E-state index in [2.05, 4.69) is 16.8 Å². The number of benzene rings is 1. The summed E-state index contributed by atoms with van der Waals surface area (Å²) in [6, 6.07) is 3.78. The van der Waals surface area contributed by atoms with Gasteiger partial charge in [0.05, 0.1) is 12.1 Å². The first-order chi connectivity index (χ1) is 12.4. The van der Waals surface area contributed by atoms with Gasteiger partial charge in [-0.25, -0.2) is 0 Å². The second kappa shape index (κ2) is 6.18. The van der Waals surface area contributed by atoms with Crippen LogP contribution in [0.2, 0.25) is 0 Å². The van der Waals surface area contributed by atoms with Gasteiger partial charge < -0.3 is 9.32 Å². The number of hydrogen-bond acceptors (Lipinski definition) is 5. The predicted molar refractivity (Wildman–Crippen MR) is 99.8 cm³/mol. The highest BCUT2D eigenvalue weighted by atomic mass is 16.3. The molecule has 26 heavy (non-hydrogen) atoms. The van der Waals surface area contributed by atoms with Gasteiger partial charge in [0.15, 0.2) is 0 Å². The van der Waals surface area contributed by atoms with E-state index in [4.69, 9.17) is 4.42 Å². The summed E-state index contributed by atoms with van der Waals surface area (Å²) < 4.78 is 6.18. The lowest BCUT2D eigenvalue weighted by Crippen LogP contribution is -2.43. The molecule has 5 heteroatoms. The lowest BCUT2D eigenvalue weighted by molar-refractivity contribution is 0.0814. The third-order valence-corrected chi connectivity index (χ3v) is 5.77. The molecule has 4 rings (SSSR count). The van der Waals surface area contributed by atoms with Crippen LogP contribution in [0.3, 0.4) is 0 Å². The van der Waals surface area contributed by atoms with Crippen LogP contribution in [-0.2, 0) is 6.54 Å². The van der Waals surface area contributed by atoms with Crippen LogP contribution in [0.15, 0.2) is 16.5 Å². The third kappa shape index (κ3) is 2.63. The fourth-order valence-corrected chi connectivity index (χ4v) is 3.81. The van der Waals surface area contributed by atoms with Crippen LogP contribution in [-0.4, -0.2) is 54.6 Å². The Kier molecular flexibility index (Phi) is 4.09. The molecule has 0 saturated carbocycles. The Labute approximate surface area is 153 Å². The Morgan fingerprint density at radius 3 is 2.19 bits per heavy atom. The number of Topliss-reactive ketones (excluding diaryl/α,β-unsaturated/α-hetero) is 2. The number of ketones is 2. The molecule has 2 aromatic rings. The van der Waals surface area contributed by atoms with Gasteiger partial charge in [0.25, 0.3) is 0 Å². The monoisotopic (exact) mass is 352 g/mol. The minimum absolute atomic E-state index is 0.425. The maximum atomic E-state index is 12.7. The van der Waals surface area contributed by atoms with Crippen molar-refractivity contribution >= 4 is 11.6 Å². The highest BCUT2D eigenvalue weighted by Crippen LogP contribution is 2.39.